The van der Waals surface area contributed by atoms with Gasteiger partial charge in [-0.3, -0.25) is 24.5 Å². The maximum absolute atomic E-state index is 13.8. The molecule has 37 heavy (non-hydrogen) atoms. The Hall–Kier alpha value is -2.45. The fraction of sp³-hybridized carbons (Fsp3) is 0.690. The van der Waals surface area contributed by atoms with Gasteiger partial charge in [-0.2, -0.15) is 0 Å². The van der Waals surface area contributed by atoms with Crippen LogP contribution >= 0.6 is 0 Å². The largest absolute Gasteiger partial charge is 0.344 e. The van der Waals surface area contributed by atoms with Gasteiger partial charge in [0.2, 0.25) is 18.2 Å². The summed E-state index contributed by atoms with van der Waals surface area (Å²) in [5.41, 5.74) is 2.32. The smallest absolute Gasteiger partial charge is 0.245 e. The molecule has 2 N–H and O–H groups in total. The van der Waals surface area contributed by atoms with E-state index in [1.54, 1.807) is 0 Å². The van der Waals surface area contributed by atoms with Crippen LogP contribution in [-0.4, -0.2) is 76.6 Å². The molecule has 8 nitrogen and oxygen atoms in total. The molecule has 2 heterocycles. The molecule has 4 rings (SSSR count). The number of nitrogens with zero attached hydrogens (tertiary/aromatic N) is 3. The Kier molecular flexibility index (Phi) is 8.90. The van der Waals surface area contributed by atoms with E-state index in [1.165, 1.54) is 11.1 Å². The second-order valence-corrected chi connectivity index (χ2v) is 12.3. The Bertz CT molecular complexity index is 955. The van der Waals surface area contributed by atoms with E-state index in [-0.39, 0.29) is 18.4 Å². The topological polar surface area (TPSA) is 93.2 Å². The molecule has 3 aliphatic rings. The number of benzene rings is 1. The predicted octanol–water partition coefficient (Wildman–Crippen LogP) is 3.22. The predicted molar refractivity (Wildman–Crippen MR) is 142 cm³/mol. The summed E-state index contributed by atoms with van der Waals surface area (Å²) in [6.07, 6.45) is 7.35. The average Bonchev–Trinajstić information content (AvgIpc) is 3.58. The Morgan fingerprint density at radius 1 is 1.14 bits per heavy atom. The van der Waals surface area contributed by atoms with Crippen molar-refractivity contribution in [1.29, 1.82) is 0 Å². The lowest BCUT2D eigenvalue weighted by molar-refractivity contribution is -0.155. The standard InChI is InChI=1S/C29H44N4O4/c1-29(2,3)26(30-27(35)24(18-33(37)20-34)16-21-8-4-5-9-21)28(36)32-15-13-25(19-32)31-14-12-22-10-6-7-11-23(22)17-31/h6-7,10-11,20-21,24-26,37H,4-5,8-9,12-19H2,1-3H3,(H,30,35)/t24-,25-,26-/m1/s1. The third-order valence-corrected chi connectivity index (χ3v) is 8.54. The fourth-order valence-corrected chi connectivity index (χ4v) is 6.34. The molecule has 0 spiro atoms. The molecular weight excluding hydrogens is 468 g/mol. The van der Waals surface area contributed by atoms with E-state index < -0.39 is 17.4 Å². The van der Waals surface area contributed by atoms with E-state index in [1.807, 2.05) is 25.7 Å². The van der Waals surface area contributed by atoms with Crippen molar-refractivity contribution in [2.75, 3.05) is 26.2 Å². The first-order valence-electron chi connectivity index (χ1n) is 14.0. The van der Waals surface area contributed by atoms with Crippen molar-refractivity contribution in [1.82, 2.24) is 20.2 Å². The van der Waals surface area contributed by atoms with Crippen molar-refractivity contribution in [2.45, 2.75) is 84.3 Å². The summed E-state index contributed by atoms with van der Waals surface area (Å²) in [5.74, 6) is -0.439. The summed E-state index contributed by atoms with van der Waals surface area (Å²) in [5, 5.41) is 13.4. The first-order chi connectivity index (χ1) is 17.7. The van der Waals surface area contributed by atoms with Crippen molar-refractivity contribution >= 4 is 18.2 Å². The third-order valence-electron chi connectivity index (χ3n) is 8.54. The Balaban J connectivity index is 1.40. The number of nitrogens with one attached hydrogen (secondary N) is 1. The van der Waals surface area contributed by atoms with Gasteiger partial charge < -0.3 is 10.2 Å². The van der Waals surface area contributed by atoms with Crippen LogP contribution in [0.4, 0.5) is 0 Å². The highest BCUT2D eigenvalue weighted by Gasteiger charge is 2.41. The van der Waals surface area contributed by atoms with E-state index in [0.29, 0.717) is 42.9 Å². The number of carbonyl (C=O) groups excluding carboxylic acids is 3. The lowest BCUT2D eigenvalue weighted by Gasteiger charge is -2.36. The molecule has 0 unspecified atom stereocenters. The minimum absolute atomic E-state index is 0.0448. The molecule has 0 radical (unpaired) electrons. The molecule has 1 aliphatic carbocycles. The van der Waals surface area contributed by atoms with Crippen molar-refractivity contribution in [3.8, 4) is 0 Å². The maximum atomic E-state index is 13.8. The minimum atomic E-state index is -0.671. The number of hydroxylamine groups is 2. The fourth-order valence-electron chi connectivity index (χ4n) is 6.34. The molecule has 1 saturated heterocycles. The van der Waals surface area contributed by atoms with Gasteiger partial charge in [-0.05, 0) is 41.7 Å². The van der Waals surface area contributed by atoms with Crippen LogP contribution in [0.1, 0.15) is 70.4 Å². The molecule has 3 amide bonds. The number of amides is 3. The molecule has 3 atom stereocenters. The normalized spacial score (nSPS) is 22.4. The molecule has 0 aromatic heterocycles. The number of carbonyl (C=O) groups is 3. The quantitative estimate of drug-likeness (QED) is 0.301. The second kappa shape index (κ2) is 11.9. The molecular formula is C29H44N4O4. The van der Waals surface area contributed by atoms with Crippen LogP contribution in [0, 0.1) is 17.3 Å². The molecule has 2 fully saturated rings. The van der Waals surface area contributed by atoms with Gasteiger partial charge in [-0.15, -0.1) is 0 Å². The van der Waals surface area contributed by atoms with Gasteiger partial charge >= 0.3 is 0 Å². The Morgan fingerprint density at radius 2 is 1.84 bits per heavy atom. The molecule has 8 heteroatoms. The summed E-state index contributed by atoms with van der Waals surface area (Å²) in [6, 6.07) is 8.24. The van der Waals surface area contributed by atoms with Gasteiger partial charge in [-0.1, -0.05) is 70.7 Å². The van der Waals surface area contributed by atoms with Crippen molar-refractivity contribution in [3.63, 3.8) is 0 Å². The van der Waals surface area contributed by atoms with Crippen LogP contribution in [0.25, 0.3) is 0 Å². The number of hydrogen-bond donors (Lipinski definition) is 2. The van der Waals surface area contributed by atoms with Crippen molar-refractivity contribution < 1.29 is 19.6 Å². The lowest BCUT2D eigenvalue weighted by Crippen LogP contribution is -2.56. The zero-order valence-electron chi connectivity index (χ0n) is 22.7. The Morgan fingerprint density at radius 3 is 2.51 bits per heavy atom. The zero-order valence-corrected chi connectivity index (χ0v) is 22.7. The number of fused-ring (bicyclic) bond motifs is 1. The SMILES string of the molecule is CC(C)(C)[C@H](NC(=O)[C@H](CC1CCCC1)CN(O)C=O)C(=O)N1CC[C@@H](N2CCc3ccccc3C2)C1. The van der Waals surface area contributed by atoms with E-state index in [0.717, 1.165) is 51.6 Å². The highest BCUT2D eigenvalue weighted by molar-refractivity contribution is 5.89. The molecule has 1 aromatic rings. The van der Waals surface area contributed by atoms with Crippen LogP contribution in [0.3, 0.4) is 0 Å². The molecule has 204 valence electrons. The number of hydrogen-bond acceptors (Lipinski definition) is 5. The van der Waals surface area contributed by atoms with Gasteiger partial charge in [0, 0.05) is 32.2 Å². The van der Waals surface area contributed by atoms with Crippen molar-refractivity contribution in [2.24, 2.45) is 17.3 Å². The molecule has 1 saturated carbocycles. The van der Waals surface area contributed by atoms with Crippen LogP contribution in [0.2, 0.25) is 0 Å². The third kappa shape index (κ3) is 6.90. The molecule has 1 aromatic carbocycles. The summed E-state index contributed by atoms with van der Waals surface area (Å²) >= 11 is 0. The lowest BCUT2D eigenvalue weighted by atomic mass is 9.84. The summed E-state index contributed by atoms with van der Waals surface area (Å²) < 4.78 is 0. The summed E-state index contributed by atoms with van der Waals surface area (Å²) in [4.78, 5) is 42.7. The minimum Gasteiger partial charge on any atom is -0.344 e. The van der Waals surface area contributed by atoms with Gasteiger partial charge in [0.1, 0.15) is 6.04 Å². The van der Waals surface area contributed by atoms with Gasteiger partial charge in [0.25, 0.3) is 0 Å². The highest BCUT2D eigenvalue weighted by Crippen LogP contribution is 2.32. The van der Waals surface area contributed by atoms with E-state index in [2.05, 4.69) is 34.5 Å². The number of rotatable bonds is 9. The van der Waals surface area contributed by atoms with Crippen LogP contribution < -0.4 is 5.32 Å². The first kappa shape index (κ1) is 27.6. The van der Waals surface area contributed by atoms with Crippen LogP contribution in [0.5, 0.6) is 0 Å². The van der Waals surface area contributed by atoms with Crippen LogP contribution in [0.15, 0.2) is 24.3 Å². The summed E-state index contributed by atoms with van der Waals surface area (Å²) in [7, 11) is 0. The molecule has 2 aliphatic heterocycles. The van der Waals surface area contributed by atoms with E-state index >= 15 is 0 Å². The Labute approximate surface area is 221 Å². The maximum Gasteiger partial charge on any atom is 0.245 e. The first-order valence-corrected chi connectivity index (χ1v) is 14.0. The van der Waals surface area contributed by atoms with E-state index in [4.69, 9.17) is 0 Å². The second-order valence-electron chi connectivity index (χ2n) is 12.3. The van der Waals surface area contributed by atoms with Crippen LogP contribution in [-0.2, 0) is 27.3 Å². The van der Waals surface area contributed by atoms with Gasteiger partial charge in [0.05, 0.1) is 12.5 Å². The highest BCUT2D eigenvalue weighted by atomic mass is 16.5. The number of likely N-dealkylation sites (tertiary alicyclic amines) is 1. The van der Waals surface area contributed by atoms with E-state index in [9.17, 15) is 19.6 Å². The monoisotopic (exact) mass is 512 g/mol. The average molecular weight is 513 g/mol. The summed E-state index contributed by atoms with van der Waals surface area (Å²) in [6.45, 7) is 9.14. The van der Waals surface area contributed by atoms with Gasteiger partial charge in [0.15, 0.2) is 0 Å². The molecule has 0 bridgehead atoms. The zero-order chi connectivity index (χ0) is 26.6. The van der Waals surface area contributed by atoms with Gasteiger partial charge in [-0.25, -0.2) is 5.06 Å². The van der Waals surface area contributed by atoms with Crippen molar-refractivity contribution in [3.05, 3.63) is 35.4 Å².